The van der Waals surface area contributed by atoms with Crippen LogP contribution in [0.25, 0.3) is 0 Å². The van der Waals surface area contributed by atoms with E-state index in [1.807, 2.05) is 11.9 Å². The zero-order chi connectivity index (χ0) is 21.1. The van der Waals surface area contributed by atoms with Gasteiger partial charge in [0.15, 0.2) is 5.82 Å². The molecular weight excluding hydrogens is 406 g/mol. The highest BCUT2D eigenvalue weighted by molar-refractivity contribution is 7.96. The van der Waals surface area contributed by atoms with Crippen LogP contribution in [0.1, 0.15) is 49.9 Å². The molecule has 1 aliphatic carbocycles. The maximum Gasteiger partial charge on any atom is 0.172 e. The van der Waals surface area contributed by atoms with E-state index in [9.17, 15) is 0 Å². The molecule has 5 rings (SSSR count). The minimum absolute atomic E-state index is 0.0693. The average Bonchev–Trinajstić information content (AvgIpc) is 3.10. The lowest BCUT2D eigenvalue weighted by atomic mass is 9.85. The molecule has 0 amide bonds. The topological polar surface area (TPSA) is 53.3 Å². The van der Waals surface area contributed by atoms with E-state index in [-0.39, 0.29) is 5.54 Å². The van der Waals surface area contributed by atoms with Gasteiger partial charge in [-0.15, -0.1) is 5.10 Å². The average molecular weight is 442 g/mol. The van der Waals surface area contributed by atoms with Gasteiger partial charge in [0.1, 0.15) is 0 Å². The summed E-state index contributed by atoms with van der Waals surface area (Å²) in [7, 11) is 0. The third kappa shape index (κ3) is 4.40. The fourth-order valence-corrected chi connectivity index (χ4v) is 6.15. The Labute approximate surface area is 190 Å². The summed E-state index contributed by atoms with van der Waals surface area (Å²) in [6.45, 7) is 7.58. The van der Waals surface area contributed by atoms with E-state index in [0.717, 1.165) is 57.4 Å². The first-order chi connectivity index (χ1) is 15.3. The molecule has 3 heterocycles. The van der Waals surface area contributed by atoms with E-state index in [4.69, 9.17) is 0 Å². The molecule has 168 valence electrons. The summed E-state index contributed by atoms with van der Waals surface area (Å²) in [4.78, 5) is 5.50. The number of hydrogen-bond donors (Lipinski definition) is 0. The summed E-state index contributed by atoms with van der Waals surface area (Å²) < 4.78 is 4.56. The molecule has 31 heavy (non-hydrogen) atoms. The first-order valence-electron chi connectivity index (χ1n) is 11.9. The van der Waals surface area contributed by atoms with Gasteiger partial charge in [0.2, 0.25) is 0 Å². The van der Waals surface area contributed by atoms with Gasteiger partial charge in [0.05, 0.1) is 12.1 Å². The lowest BCUT2D eigenvalue weighted by Gasteiger charge is -2.47. The quantitative estimate of drug-likeness (QED) is 0.639. The van der Waals surface area contributed by atoms with E-state index in [1.54, 1.807) is 0 Å². The van der Waals surface area contributed by atoms with Gasteiger partial charge in [-0.2, -0.15) is 0 Å². The molecule has 0 bridgehead atoms. The Morgan fingerprint density at radius 1 is 0.968 bits per heavy atom. The van der Waals surface area contributed by atoms with Crippen molar-refractivity contribution < 1.29 is 0 Å². The van der Waals surface area contributed by atoms with E-state index in [1.165, 1.54) is 44.3 Å². The van der Waals surface area contributed by atoms with Crippen LogP contribution < -0.4 is 0 Å². The number of piperidine rings is 1. The van der Waals surface area contributed by atoms with Crippen molar-refractivity contribution >= 4 is 11.9 Å². The van der Waals surface area contributed by atoms with Gasteiger partial charge in [-0.1, -0.05) is 48.7 Å². The molecule has 8 heteroatoms. The highest BCUT2D eigenvalue weighted by Gasteiger charge is 2.46. The van der Waals surface area contributed by atoms with Crippen LogP contribution in [-0.2, 0) is 12.1 Å². The van der Waals surface area contributed by atoms with Crippen molar-refractivity contribution in [1.82, 2.24) is 34.3 Å². The fraction of sp³-hybridized carbons (Fsp3) is 0.696. The SMILES string of the molecule is CSN1CCC(c2nnnn2Cc2ccccc2)(N2CCCN(C3CCC3)CC2)CC1. The highest BCUT2D eigenvalue weighted by atomic mass is 32.2. The van der Waals surface area contributed by atoms with Gasteiger partial charge in [0, 0.05) is 38.8 Å². The summed E-state index contributed by atoms with van der Waals surface area (Å²) >= 11 is 1.86. The summed E-state index contributed by atoms with van der Waals surface area (Å²) in [5, 5.41) is 13.3. The number of tetrazole rings is 1. The molecule has 0 atom stereocenters. The Kier molecular flexibility index (Phi) is 6.59. The van der Waals surface area contributed by atoms with E-state index < -0.39 is 0 Å². The monoisotopic (exact) mass is 441 g/mol. The number of nitrogens with zero attached hydrogens (tertiary/aromatic N) is 7. The number of aromatic nitrogens is 4. The Bertz CT molecular complexity index is 829. The number of hydrogen-bond acceptors (Lipinski definition) is 7. The van der Waals surface area contributed by atoms with Gasteiger partial charge >= 0.3 is 0 Å². The molecular formula is C23H35N7S. The van der Waals surface area contributed by atoms with Crippen LogP contribution in [0.2, 0.25) is 0 Å². The third-order valence-corrected chi connectivity index (χ3v) is 8.54. The first-order valence-corrected chi connectivity index (χ1v) is 13.1. The second-order valence-corrected chi connectivity index (χ2v) is 10.1. The Morgan fingerprint density at radius 2 is 1.77 bits per heavy atom. The second-order valence-electron chi connectivity index (χ2n) is 9.25. The molecule has 2 aromatic rings. The predicted molar refractivity (Wildman–Crippen MR) is 125 cm³/mol. The van der Waals surface area contributed by atoms with Crippen molar-refractivity contribution in [3.8, 4) is 0 Å². The standard InChI is InChI=1S/C23H35N7S/c1-31-29-15-11-23(12-16-29,28-14-6-13-27(17-18-28)21-9-5-10-21)22-24-25-26-30(22)19-20-7-3-2-4-8-20/h2-4,7-8,21H,5-6,9-19H2,1H3. The van der Waals surface area contributed by atoms with Gasteiger partial charge in [-0.05, 0) is 60.9 Å². The molecule has 2 aliphatic heterocycles. The lowest BCUT2D eigenvalue weighted by molar-refractivity contribution is 0.0273. The molecule has 0 radical (unpaired) electrons. The van der Waals surface area contributed by atoms with Crippen LogP contribution in [0.15, 0.2) is 30.3 Å². The van der Waals surface area contributed by atoms with Crippen LogP contribution in [0.3, 0.4) is 0 Å². The van der Waals surface area contributed by atoms with Crippen LogP contribution in [0, 0.1) is 0 Å². The second kappa shape index (κ2) is 9.57. The van der Waals surface area contributed by atoms with Crippen molar-refractivity contribution in [2.45, 2.75) is 56.7 Å². The lowest BCUT2D eigenvalue weighted by Crippen LogP contribution is -2.55. The van der Waals surface area contributed by atoms with Crippen molar-refractivity contribution in [1.29, 1.82) is 0 Å². The van der Waals surface area contributed by atoms with Gasteiger partial charge < -0.3 is 0 Å². The third-order valence-electron chi connectivity index (χ3n) is 7.66. The predicted octanol–water partition coefficient (Wildman–Crippen LogP) is 2.85. The fourth-order valence-electron chi connectivity index (χ4n) is 5.60. The number of benzene rings is 1. The molecule has 2 saturated heterocycles. The molecule has 0 unspecified atom stereocenters. The Hall–Kier alpha value is -1.48. The van der Waals surface area contributed by atoms with Gasteiger partial charge in [-0.25, -0.2) is 4.68 Å². The van der Waals surface area contributed by atoms with Crippen molar-refractivity contribution in [3.63, 3.8) is 0 Å². The normalized spacial score (nSPS) is 24.0. The van der Waals surface area contributed by atoms with Crippen molar-refractivity contribution in [3.05, 3.63) is 41.7 Å². The smallest absolute Gasteiger partial charge is 0.172 e. The molecule has 1 aromatic heterocycles. The molecule has 0 N–H and O–H groups in total. The van der Waals surface area contributed by atoms with Crippen LogP contribution in [0.5, 0.6) is 0 Å². The first kappa shape index (κ1) is 21.4. The number of rotatable bonds is 6. The molecule has 3 aliphatic rings. The molecule has 1 aromatic carbocycles. The van der Waals surface area contributed by atoms with Crippen molar-refractivity contribution in [2.24, 2.45) is 0 Å². The van der Waals surface area contributed by atoms with E-state index in [0.29, 0.717) is 0 Å². The molecule has 3 fully saturated rings. The minimum Gasteiger partial charge on any atom is -0.299 e. The largest absolute Gasteiger partial charge is 0.299 e. The van der Waals surface area contributed by atoms with E-state index in [2.05, 4.69) is 70.9 Å². The maximum absolute atomic E-state index is 4.67. The zero-order valence-electron chi connectivity index (χ0n) is 18.7. The Morgan fingerprint density at radius 3 is 2.48 bits per heavy atom. The minimum atomic E-state index is -0.0693. The molecule has 1 saturated carbocycles. The van der Waals surface area contributed by atoms with Crippen LogP contribution in [0.4, 0.5) is 0 Å². The summed E-state index contributed by atoms with van der Waals surface area (Å²) in [6.07, 6.45) is 9.80. The Balaban J connectivity index is 1.41. The highest BCUT2D eigenvalue weighted by Crippen LogP contribution is 2.40. The van der Waals surface area contributed by atoms with E-state index >= 15 is 0 Å². The van der Waals surface area contributed by atoms with Crippen LogP contribution >= 0.6 is 11.9 Å². The summed E-state index contributed by atoms with van der Waals surface area (Å²) in [5.74, 6) is 1.06. The molecule has 7 nitrogen and oxygen atoms in total. The molecule has 0 spiro atoms. The van der Waals surface area contributed by atoms with Gasteiger partial charge in [0.25, 0.3) is 0 Å². The van der Waals surface area contributed by atoms with Crippen molar-refractivity contribution in [2.75, 3.05) is 45.5 Å². The van der Waals surface area contributed by atoms with Crippen LogP contribution in [-0.4, -0.2) is 85.9 Å². The summed E-state index contributed by atoms with van der Waals surface area (Å²) in [6, 6.07) is 11.4. The zero-order valence-corrected chi connectivity index (χ0v) is 19.5. The maximum atomic E-state index is 4.67. The van der Waals surface area contributed by atoms with Gasteiger partial charge in [-0.3, -0.25) is 14.1 Å². The summed E-state index contributed by atoms with van der Waals surface area (Å²) in [5.41, 5.74) is 1.18.